The van der Waals surface area contributed by atoms with Gasteiger partial charge in [-0.05, 0) is 12.5 Å². The summed E-state index contributed by atoms with van der Waals surface area (Å²) in [5.41, 5.74) is 1.04. The van der Waals surface area contributed by atoms with Crippen molar-refractivity contribution in [3.05, 3.63) is 28.7 Å². The average Bonchev–Trinajstić information content (AvgIpc) is 2.79. The number of aromatic nitrogens is 3. The van der Waals surface area contributed by atoms with Crippen LogP contribution in [0.15, 0.2) is 33.9 Å². The monoisotopic (exact) mass is 311 g/mol. The molecule has 17 heavy (non-hydrogen) atoms. The van der Waals surface area contributed by atoms with E-state index in [1.165, 1.54) is 12.8 Å². The normalized spacial score (nSPS) is 10.7. The number of rotatable bonds is 5. The van der Waals surface area contributed by atoms with Crippen molar-refractivity contribution in [1.82, 2.24) is 15.2 Å². The lowest BCUT2D eigenvalue weighted by molar-refractivity contribution is 0.889. The number of hydrogen-bond acceptors (Lipinski definition) is 3. The maximum atomic E-state index is 4.48. The van der Waals surface area contributed by atoms with Crippen LogP contribution in [0.2, 0.25) is 0 Å². The first-order valence-electron chi connectivity index (χ1n) is 5.61. The summed E-state index contributed by atoms with van der Waals surface area (Å²) in [6, 6.07) is 8.00. The largest absolute Gasteiger partial charge is 0.258 e. The van der Waals surface area contributed by atoms with E-state index in [9.17, 15) is 0 Å². The van der Waals surface area contributed by atoms with Crippen molar-refractivity contribution in [2.45, 2.75) is 24.9 Å². The molecular weight excluding hydrogens is 298 g/mol. The maximum absolute atomic E-state index is 4.48. The van der Waals surface area contributed by atoms with Gasteiger partial charge >= 0.3 is 0 Å². The number of aromatic amines is 1. The fourth-order valence-corrected chi connectivity index (χ4v) is 2.75. The zero-order valence-electron chi connectivity index (χ0n) is 9.61. The quantitative estimate of drug-likeness (QED) is 0.667. The highest BCUT2D eigenvalue weighted by atomic mass is 79.9. The van der Waals surface area contributed by atoms with Crippen LogP contribution in [0.25, 0.3) is 11.4 Å². The molecule has 0 saturated heterocycles. The summed E-state index contributed by atoms with van der Waals surface area (Å²) in [5.74, 6) is 1.89. The van der Waals surface area contributed by atoms with E-state index >= 15 is 0 Å². The maximum Gasteiger partial charge on any atom is 0.208 e. The number of H-pyrrole nitrogens is 1. The highest BCUT2D eigenvalue weighted by Crippen LogP contribution is 2.26. The third kappa shape index (κ3) is 3.33. The van der Waals surface area contributed by atoms with Gasteiger partial charge in [-0.15, -0.1) is 5.10 Å². The van der Waals surface area contributed by atoms with Gasteiger partial charge < -0.3 is 0 Å². The van der Waals surface area contributed by atoms with Crippen molar-refractivity contribution in [2.24, 2.45) is 0 Å². The zero-order chi connectivity index (χ0) is 12.1. The van der Waals surface area contributed by atoms with Crippen molar-refractivity contribution >= 4 is 27.7 Å². The molecule has 0 aliphatic heterocycles. The summed E-state index contributed by atoms with van der Waals surface area (Å²) in [6.45, 7) is 2.19. The molecule has 0 aliphatic carbocycles. The second kappa shape index (κ2) is 6.21. The number of unbranched alkanes of at least 4 members (excludes halogenated alkanes) is 1. The molecule has 0 atom stereocenters. The van der Waals surface area contributed by atoms with E-state index in [1.54, 1.807) is 11.8 Å². The van der Waals surface area contributed by atoms with E-state index < -0.39 is 0 Å². The average molecular weight is 312 g/mol. The second-order valence-corrected chi connectivity index (χ2v) is 5.56. The predicted molar refractivity (Wildman–Crippen MR) is 75.2 cm³/mol. The molecule has 1 N–H and O–H groups in total. The lowest BCUT2D eigenvalue weighted by Gasteiger charge is -1.98. The van der Waals surface area contributed by atoms with Gasteiger partial charge in [0.1, 0.15) is 0 Å². The van der Waals surface area contributed by atoms with E-state index in [0.29, 0.717) is 0 Å². The lowest BCUT2D eigenvalue weighted by atomic mass is 10.2. The van der Waals surface area contributed by atoms with Crippen molar-refractivity contribution in [3.8, 4) is 11.4 Å². The number of nitrogens with one attached hydrogen (secondary N) is 1. The summed E-state index contributed by atoms with van der Waals surface area (Å²) in [7, 11) is 0. The molecule has 0 radical (unpaired) electrons. The van der Waals surface area contributed by atoms with Crippen LogP contribution in [0.3, 0.4) is 0 Å². The third-order valence-electron chi connectivity index (χ3n) is 2.32. The van der Waals surface area contributed by atoms with Gasteiger partial charge in [-0.25, -0.2) is 4.98 Å². The minimum atomic E-state index is 0.816. The van der Waals surface area contributed by atoms with Gasteiger partial charge in [-0.2, -0.15) is 0 Å². The van der Waals surface area contributed by atoms with Crippen LogP contribution in [0.1, 0.15) is 19.8 Å². The first kappa shape index (κ1) is 12.6. The molecule has 5 heteroatoms. The molecule has 3 nitrogen and oxygen atoms in total. The van der Waals surface area contributed by atoms with E-state index in [0.717, 1.165) is 26.8 Å². The van der Waals surface area contributed by atoms with Crippen LogP contribution >= 0.6 is 27.7 Å². The van der Waals surface area contributed by atoms with E-state index in [2.05, 4.69) is 38.0 Å². The minimum absolute atomic E-state index is 0.816. The van der Waals surface area contributed by atoms with Gasteiger partial charge in [0.05, 0.1) is 0 Å². The first-order valence-corrected chi connectivity index (χ1v) is 7.39. The molecule has 2 aromatic rings. The van der Waals surface area contributed by atoms with Crippen LogP contribution in [0.5, 0.6) is 0 Å². The number of benzene rings is 1. The smallest absolute Gasteiger partial charge is 0.208 e. The first-order chi connectivity index (χ1) is 8.31. The van der Waals surface area contributed by atoms with Gasteiger partial charge in [0.15, 0.2) is 5.82 Å². The van der Waals surface area contributed by atoms with Gasteiger partial charge in [-0.1, -0.05) is 59.2 Å². The summed E-state index contributed by atoms with van der Waals surface area (Å²) in [4.78, 5) is 4.48. The molecule has 1 heterocycles. The van der Waals surface area contributed by atoms with Crippen molar-refractivity contribution in [3.63, 3.8) is 0 Å². The number of halogens is 1. The number of hydrogen-bond donors (Lipinski definition) is 1. The van der Waals surface area contributed by atoms with Crippen LogP contribution in [0.4, 0.5) is 0 Å². The van der Waals surface area contributed by atoms with E-state index in [-0.39, 0.29) is 0 Å². The molecule has 1 aromatic heterocycles. The van der Waals surface area contributed by atoms with Crippen LogP contribution in [-0.4, -0.2) is 20.9 Å². The van der Waals surface area contributed by atoms with Crippen LogP contribution < -0.4 is 0 Å². The Labute approximate surface area is 114 Å². The number of thioether (sulfide) groups is 1. The molecule has 90 valence electrons. The lowest BCUT2D eigenvalue weighted by Crippen LogP contribution is -1.82. The Hall–Kier alpha value is -0.810. The van der Waals surface area contributed by atoms with Crippen molar-refractivity contribution in [2.75, 3.05) is 5.75 Å². The number of nitrogens with zero attached hydrogens (tertiary/aromatic N) is 2. The fraction of sp³-hybridized carbons (Fsp3) is 0.333. The molecule has 0 spiro atoms. The molecule has 1 aromatic carbocycles. The van der Waals surface area contributed by atoms with Crippen LogP contribution in [-0.2, 0) is 0 Å². The Bertz CT molecular complexity index is 484. The highest BCUT2D eigenvalue weighted by molar-refractivity contribution is 9.10. The standard InChI is InChI=1S/C12H14BrN3S/c1-2-3-8-17-12-14-11(15-16-12)9-6-4-5-7-10(9)13/h4-7H,2-3,8H2,1H3,(H,14,15,16). The Kier molecular flexibility index (Phi) is 4.62. The molecule has 0 unspecified atom stereocenters. The Morgan fingerprint density at radius 3 is 2.94 bits per heavy atom. The molecule has 2 rings (SSSR count). The van der Waals surface area contributed by atoms with Gasteiger partial charge in [0, 0.05) is 15.8 Å². The van der Waals surface area contributed by atoms with Crippen LogP contribution in [0, 0.1) is 0 Å². The minimum Gasteiger partial charge on any atom is -0.258 e. The molecule has 0 fully saturated rings. The molecule has 0 amide bonds. The van der Waals surface area contributed by atoms with E-state index in [1.807, 2.05) is 24.3 Å². The second-order valence-electron chi connectivity index (χ2n) is 3.65. The Morgan fingerprint density at radius 1 is 1.35 bits per heavy atom. The Balaban J connectivity index is 2.10. The van der Waals surface area contributed by atoms with Crippen molar-refractivity contribution < 1.29 is 0 Å². The predicted octanol–water partition coefficient (Wildman–Crippen LogP) is 4.13. The summed E-state index contributed by atoms with van der Waals surface area (Å²) < 4.78 is 1.03. The fourth-order valence-electron chi connectivity index (χ4n) is 1.39. The third-order valence-corrected chi connectivity index (χ3v) is 3.95. The van der Waals surface area contributed by atoms with Gasteiger partial charge in [0.25, 0.3) is 0 Å². The van der Waals surface area contributed by atoms with Gasteiger partial charge in [-0.3, -0.25) is 5.10 Å². The molecule has 0 aliphatic rings. The molecular formula is C12H14BrN3S. The SMILES string of the molecule is CCCCSc1n[nH]c(-c2ccccc2Br)n1. The molecule has 0 saturated carbocycles. The zero-order valence-corrected chi connectivity index (χ0v) is 12.0. The summed E-state index contributed by atoms with van der Waals surface area (Å²) in [5, 5.41) is 8.01. The highest BCUT2D eigenvalue weighted by Gasteiger charge is 2.08. The van der Waals surface area contributed by atoms with Crippen molar-refractivity contribution in [1.29, 1.82) is 0 Å². The Morgan fingerprint density at radius 2 is 2.18 bits per heavy atom. The summed E-state index contributed by atoms with van der Waals surface area (Å²) >= 11 is 5.21. The summed E-state index contributed by atoms with van der Waals surface area (Å²) in [6.07, 6.45) is 2.40. The van der Waals surface area contributed by atoms with E-state index in [4.69, 9.17) is 0 Å². The van der Waals surface area contributed by atoms with Gasteiger partial charge in [0.2, 0.25) is 5.16 Å². The topological polar surface area (TPSA) is 41.6 Å². The molecule has 0 bridgehead atoms.